The lowest BCUT2D eigenvalue weighted by Crippen LogP contribution is -2.15. The molecule has 2 aromatic heterocycles. The molecule has 0 fully saturated rings. The first-order chi connectivity index (χ1) is 13.6. The van der Waals surface area contributed by atoms with Gasteiger partial charge in [-0.1, -0.05) is 35.9 Å². The highest BCUT2D eigenvalue weighted by Crippen LogP contribution is 2.30. The highest BCUT2D eigenvalue weighted by Gasteiger charge is 2.20. The molecule has 2 heterocycles. The highest BCUT2D eigenvalue weighted by molar-refractivity contribution is 7.15. The predicted octanol–water partition coefficient (Wildman–Crippen LogP) is 4.04. The monoisotopic (exact) mass is 394 g/mol. The van der Waals surface area contributed by atoms with E-state index in [0.29, 0.717) is 22.0 Å². The minimum absolute atomic E-state index is 0.221. The number of carbonyl (C=O) groups is 1. The summed E-state index contributed by atoms with van der Waals surface area (Å²) in [5.41, 5.74) is 3.44. The van der Waals surface area contributed by atoms with Crippen LogP contribution in [0.5, 0.6) is 11.5 Å². The number of fused-ring (bicyclic) bond motifs is 1. The Kier molecular flexibility index (Phi) is 4.70. The van der Waals surface area contributed by atoms with E-state index in [1.54, 1.807) is 22.7 Å². The lowest BCUT2D eigenvalue weighted by atomic mass is 10.1. The lowest BCUT2D eigenvalue weighted by Gasteiger charge is -2.11. The molecule has 0 unspecified atom stereocenters. The van der Waals surface area contributed by atoms with Gasteiger partial charge >= 0.3 is 0 Å². The van der Waals surface area contributed by atoms with Gasteiger partial charge in [-0.15, -0.1) is 16.4 Å². The first-order valence-electron chi connectivity index (χ1n) is 8.54. The van der Waals surface area contributed by atoms with Gasteiger partial charge in [0.2, 0.25) is 4.96 Å². The molecule has 0 aliphatic carbocycles. The second-order valence-corrected chi connectivity index (χ2v) is 6.94. The van der Waals surface area contributed by atoms with Crippen LogP contribution in [0.3, 0.4) is 0 Å². The quantitative estimate of drug-likeness (QED) is 0.553. The normalized spacial score (nSPS) is 10.8. The molecule has 28 heavy (non-hydrogen) atoms. The van der Waals surface area contributed by atoms with E-state index in [2.05, 4.69) is 15.4 Å². The molecule has 0 radical (unpaired) electrons. The first-order valence-corrected chi connectivity index (χ1v) is 9.42. The maximum Gasteiger partial charge on any atom is 0.265 e. The van der Waals surface area contributed by atoms with Crippen LogP contribution in [0, 0.1) is 6.92 Å². The number of nitrogens with one attached hydrogen (secondary N) is 1. The molecule has 142 valence electrons. The summed E-state index contributed by atoms with van der Waals surface area (Å²) in [5, 5.41) is 9.18. The van der Waals surface area contributed by atoms with Gasteiger partial charge in [0, 0.05) is 10.9 Å². The zero-order valence-corrected chi connectivity index (χ0v) is 16.4. The highest BCUT2D eigenvalue weighted by atomic mass is 32.1. The molecule has 0 saturated carbocycles. The number of ether oxygens (including phenoxy) is 2. The van der Waals surface area contributed by atoms with Gasteiger partial charge in [-0.3, -0.25) is 10.1 Å². The van der Waals surface area contributed by atoms with Gasteiger partial charge in [0.1, 0.15) is 17.1 Å². The van der Waals surface area contributed by atoms with Gasteiger partial charge in [-0.25, -0.2) is 4.52 Å². The molecule has 4 rings (SSSR count). The summed E-state index contributed by atoms with van der Waals surface area (Å²) < 4.78 is 12.3. The average Bonchev–Trinajstić information content (AvgIpc) is 3.28. The Balaban J connectivity index is 1.66. The lowest BCUT2D eigenvalue weighted by molar-refractivity contribution is 0.102. The fourth-order valence-electron chi connectivity index (χ4n) is 2.90. The third kappa shape index (κ3) is 3.18. The first kappa shape index (κ1) is 18.0. The van der Waals surface area contributed by atoms with E-state index < -0.39 is 5.91 Å². The number of benzene rings is 2. The number of carbonyl (C=O) groups excluding carboxylic acids is 1. The summed E-state index contributed by atoms with van der Waals surface area (Å²) in [5.74, 6) is 0.652. The third-order valence-corrected chi connectivity index (χ3v) is 5.13. The Morgan fingerprint density at radius 3 is 2.39 bits per heavy atom. The Bertz CT molecular complexity index is 1130. The number of methoxy groups -OCH3 is 2. The van der Waals surface area contributed by atoms with Crippen molar-refractivity contribution in [3.8, 4) is 22.8 Å². The number of aryl methyl sites for hydroxylation is 1. The van der Waals surface area contributed by atoms with Crippen LogP contribution in [0.25, 0.3) is 16.2 Å². The van der Waals surface area contributed by atoms with Gasteiger partial charge in [-0.2, -0.15) is 4.98 Å². The van der Waals surface area contributed by atoms with Crippen LogP contribution in [0.1, 0.15) is 15.9 Å². The van der Waals surface area contributed by atoms with Crippen molar-refractivity contribution in [2.75, 3.05) is 19.5 Å². The molecule has 4 aromatic rings. The van der Waals surface area contributed by atoms with Crippen molar-refractivity contribution in [1.82, 2.24) is 14.6 Å². The third-order valence-electron chi connectivity index (χ3n) is 4.31. The van der Waals surface area contributed by atoms with Crippen LogP contribution < -0.4 is 14.8 Å². The molecular formula is C20H18N4O3S. The summed E-state index contributed by atoms with van der Waals surface area (Å²) in [4.78, 5) is 17.9. The zero-order valence-electron chi connectivity index (χ0n) is 15.6. The topological polar surface area (TPSA) is 77.8 Å². The zero-order chi connectivity index (χ0) is 19.7. The molecule has 0 saturated heterocycles. The van der Waals surface area contributed by atoms with Crippen molar-refractivity contribution in [2.24, 2.45) is 0 Å². The smallest absolute Gasteiger partial charge is 0.265 e. The van der Waals surface area contributed by atoms with Crippen LogP contribution in [-0.4, -0.2) is 34.7 Å². The number of hydrogen-bond donors (Lipinski definition) is 1. The number of rotatable bonds is 5. The Morgan fingerprint density at radius 1 is 1.07 bits per heavy atom. The van der Waals surface area contributed by atoms with Crippen molar-refractivity contribution in [2.45, 2.75) is 6.92 Å². The molecule has 0 spiro atoms. The van der Waals surface area contributed by atoms with E-state index in [9.17, 15) is 4.79 Å². The maximum atomic E-state index is 12.8. The number of anilines is 1. The molecule has 8 heteroatoms. The van der Waals surface area contributed by atoms with Gasteiger partial charge in [0.05, 0.1) is 19.9 Å². The van der Waals surface area contributed by atoms with Crippen LogP contribution in [0.15, 0.2) is 47.8 Å². The van der Waals surface area contributed by atoms with Crippen molar-refractivity contribution < 1.29 is 14.3 Å². The number of thiazole rings is 1. The standard InChI is InChI=1S/C20H18N4O3S/c1-12-7-9-13(10-8-12)14-11-28-20-22-19(23-24(14)20)21-18(25)17-15(26-2)5-4-6-16(17)27-3/h4-11H,1-3H3,(H,21,23,25). The van der Waals surface area contributed by atoms with Crippen molar-refractivity contribution in [3.05, 3.63) is 59.0 Å². The average molecular weight is 394 g/mol. The Hall–Kier alpha value is -3.39. The van der Waals surface area contributed by atoms with Crippen molar-refractivity contribution in [3.63, 3.8) is 0 Å². The molecule has 2 aromatic carbocycles. The molecule has 0 bridgehead atoms. The van der Waals surface area contributed by atoms with Gasteiger partial charge in [0.25, 0.3) is 11.9 Å². The van der Waals surface area contributed by atoms with Crippen molar-refractivity contribution in [1.29, 1.82) is 0 Å². The number of nitrogens with zero attached hydrogens (tertiary/aromatic N) is 3. The van der Waals surface area contributed by atoms with Crippen LogP contribution in [-0.2, 0) is 0 Å². The summed E-state index contributed by atoms with van der Waals surface area (Å²) in [6.45, 7) is 2.04. The van der Waals surface area contributed by atoms with Crippen LogP contribution in [0.2, 0.25) is 0 Å². The minimum atomic E-state index is -0.399. The molecule has 7 nitrogen and oxygen atoms in total. The fraction of sp³-hybridized carbons (Fsp3) is 0.150. The van der Waals surface area contributed by atoms with Crippen LogP contribution in [0.4, 0.5) is 5.95 Å². The van der Waals surface area contributed by atoms with E-state index in [1.165, 1.54) is 31.1 Å². The maximum absolute atomic E-state index is 12.8. The summed E-state index contributed by atoms with van der Waals surface area (Å²) in [6, 6.07) is 13.3. The number of amides is 1. The SMILES string of the molecule is COc1cccc(OC)c1C(=O)Nc1nc2scc(-c3ccc(C)cc3)n2n1. The van der Waals surface area contributed by atoms with Crippen molar-refractivity contribution >= 4 is 28.2 Å². The molecular weight excluding hydrogens is 376 g/mol. The van der Waals surface area contributed by atoms with Gasteiger partial charge < -0.3 is 9.47 Å². The van der Waals surface area contributed by atoms with Gasteiger partial charge in [0.15, 0.2) is 0 Å². The van der Waals surface area contributed by atoms with E-state index in [-0.39, 0.29) is 5.95 Å². The van der Waals surface area contributed by atoms with E-state index >= 15 is 0 Å². The molecule has 0 atom stereocenters. The Morgan fingerprint density at radius 2 is 1.75 bits per heavy atom. The molecule has 0 aliphatic rings. The van der Waals surface area contributed by atoms with E-state index in [1.807, 2.05) is 36.6 Å². The molecule has 1 N–H and O–H groups in total. The number of hydrogen-bond acceptors (Lipinski definition) is 6. The molecule has 0 aliphatic heterocycles. The summed E-state index contributed by atoms with van der Waals surface area (Å²) in [6.07, 6.45) is 0. The summed E-state index contributed by atoms with van der Waals surface area (Å²) >= 11 is 1.46. The second kappa shape index (κ2) is 7.32. The van der Waals surface area contributed by atoms with E-state index in [4.69, 9.17) is 9.47 Å². The molecule has 1 amide bonds. The predicted molar refractivity (Wildman–Crippen MR) is 109 cm³/mol. The van der Waals surface area contributed by atoms with Crippen LogP contribution >= 0.6 is 11.3 Å². The Labute approximate surface area is 165 Å². The fourth-order valence-corrected chi connectivity index (χ4v) is 3.73. The largest absolute Gasteiger partial charge is 0.496 e. The van der Waals surface area contributed by atoms with Gasteiger partial charge in [-0.05, 0) is 19.1 Å². The van der Waals surface area contributed by atoms with E-state index in [0.717, 1.165) is 11.3 Å². The number of aromatic nitrogens is 3. The summed E-state index contributed by atoms with van der Waals surface area (Å²) in [7, 11) is 3.01. The second-order valence-electron chi connectivity index (χ2n) is 6.11. The minimum Gasteiger partial charge on any atom is -0.496 e.